The molecule has 1 saturated heterocycles. The smallest absolute Gasteiger partial charge is 0.302 e. The molecule has 0 radical (unpaired) electrons. The monoisotopic (exact) mass is 196 g/mol. The van der Waals surface area contributed by atoms with Crippen molar-refractivity contribution in [2.24, 2.45) is 5.92 Å². The first-order chi connectivity index (χ1) is 6.66. The maximum Gasteiger partial charge on any atom is 0.302 e. The highest BCUT2D eigenvalue weighted by atomic mass is 16.6. The predicted molar refractivity (Wildman–Crippen MR) is 47.5 cm³/mol. The van der Waals surface area contributed by atoms with Crippen molar-refractivity contribution < 1.29 is 19.1 Å². The Morgan fingerprint density at radius 1 is 1.64 bits per heavy atom. The summed E-state index contributed by atoms with van der Waals surface area (Å²) in [7, 11) is 0. The minimum absolute atomic E-state index is 0.0522. The van der Waals surface area contributed by atoms with Crippen LogP contribution in [0.15, 0.2) is 12.2 Å². The Labute approximate surface area is 81.9 Å². The van der Waals surface area contributed by atoms with Gasteiger partial charge in [-0.05, 0) is 0 Å². The van der Waals surface area contributed by atoms with Crippen LogP contribution in [-0.4, -0.2) is 30.6 Å². The molecule has 3 atom stereocenters. The highest BCUT2D eigenvalue weighted by Gasteiger charge is 2.39. The minimum Gasteiger partial charge on any atom is -0.463 e. The second kappa shape index (κ2) is 3.53. The Kier molecular flexibility index (Phi) is 2.37. The van der Waals surface area contributed by atoms with Gasteiger partial charge in [-0.2, -0.15) is 0 Å². The molecular weight excluding hydrogens is 184 g/mol. The van der Waals surface area contributed by atoms with Gasteiger partial charge in [0.15, 0.2) is 0 Å². The molecule has 0 N–H and O–H groups in total. The fourth-order valence-corrected chi connectivity index (χ4v) is 1.67. The lowest BCUT2D eigenvalue weighted by molar-refractivity contribution is -0.157. The maximum absolute atomic E-state index is 11.4. The largest absolute Gasteiger partial charge is 0.463 e. The Bertz CT molecular complexity index is 294. The topological polar surface area (TPSA) is 52.6 Å². The van der Waals surface area contributed by atoms with Gasteiger partial charge in [0.25, 0.3) is 0 Å². The fraction of sp³-hybridized carbons (Fsp3) is 0.600. The van der Waals surface area contributed by atoms with Gasteiger partial charge in [0.1, 0.15) is 12.4 Å². The average Bonchev–Trinajstić information content (AvgIpc) is 2.05. The first-order valence-corrected chi connectivity index (χ1v) is 4.66. The van der Waals surface area contributed by atoms with Crippen LogP contribution < -0.4 is 0 Å². The summed E-state index contributed by atoms with van der Waals surface area (Å²) in [6, 6.07) is 0. The van der Waals surface area contributed by atoms with Gasteiger partial charge in [0.2, 0.25) is 0 Å². The number of esters is 1. The van der Waals surface area contributed by atoms with Crippen molar-refractivity contribution >= 4 is 11.8 Å². The summed E-state index contributed by atoms with van der Waals surface area (Å²) in [5.41, 5.74) is 0. The molecule has 2 aliphatic rings. The molecular formula is C10H12O4. The fourth-order valence-electron chi connectivity index (χ4n) is 1.67. The molecule has 14 heavy (non-hydrogen) atoms. The lowest BCUT2D eigenvalue weighted by atomic mass is 9.83. The number of ketones is 1. The molecule has 0 aromatic carbocycles. The van der Waals surface area contributed by atoms with Crippen molar-refractivity contribution in [3.63, 3.8) is 0 Å². The number of carbonyl (C=O) groups is 2. The van der Waals surface area contributed by atoms with E-state index >= 15 is 0 Å². The molecule has 1 heterocycles. The number of hydrogen-bond donors (Lipinski definition) is 0. The normalized spacial score (nSPS) is 34.6. The van der Waals surface area contributed by atoms with Crippen molar-refractivity contribution in [1.82, 2.24) is 0 Å². The van der Waals surface area contributed by atoms with Gasteiger partial charge >= 0.3 is 5.97 Å². The molecule has 4 heteroatoms. The third-order valence-electron chi connectivity index (χ3n) is 2.48. The quantitative estimate of drug-likeness (QED) is 0.475. The second-order valence-electron chi connectivity index (χ2n) is 3.61. The average molecular weight is 196 g/mol. The molecule has 76 valence electrons. The number of fused-ring (bicyclic) bond motifs is 1. The van der Waals surface area contributed by atoms with Crippen LogP contribution in [0, 0.1) is 5.92 Å². The van der Waals surface area contributed by atoms with Crippen LogP contribution in [0.4, 0.5) is 0 Å². The van der Waals surface area contributed by atoms with E-state index in [-0.39, 0.29) is 36.5 Å². The zero-order chi connectivity index (χ0) is 10.1. The SMILES string of the molecule is CC(=O)OC[C@@H]1CC(=O)[C@H]2C=C[C@H]2O1. The van der Waals surface area contributed by atoms with E-state index in [1.807, 2.05) is 12.2 Å². The van der Waals surface area contributed by atoms with Gasteiger partial charge in [-0.3, -0.25) is 9.59 Å². The minimum atomic E-state index is -0.340. The maximum atomic E-state index is 11.4. The van der Waals surface area contributed by atoms with E-state index < -0.39 is 0 Å². The second-order valence-corrected chi connectivity index (χ2v) is 3.61. The molecule has 4 nitrogen and oxygen atoms in total. The molecule has 0 spiro atoms. The Morgan fingerprint density at radius 3 is 2.93 bits per heavy atom. The summed E-state index contributed by atoms with van der Waals surface area (Å²) in [5, 5.41) is 0. The Morgan fingerprint density at radius 2 is 2.43 bits per heavy atom. The van der Waals surface area contributed by atoms with E-state index in [1.54, 1.807) is 0 Å². The van der Waals surface area contributed by atoms with Gasteiger partial charge in [-0.25, -0.2) is 0 Å². The Hall–Kier alpha value is -1.16. The highest BCUT2D eigenvalue weighted by molar-refractivity contribution is 5.86. The first-order valence-electron chi connectivity index (χ1n) is 4.66. The van der Waals surface area contributed by atoms with Gasteiger partial charge in [-0.1, -0.05) is 12.2 Å². The summed E-state index contributed by atoms with van der Waals surface area (Å²) >= 11 is 0. The molecule has 0 amide bonds. The Balaban J connectivity index is 1.87. The highest BCUT2D eigenvalue weighted by Crippen LogP contribution is 2.30. The van der Waals surface area contributed by atoms with Crippen molar-refractivity contribution in [3.05, 3.63) is 12.2 Å². The van der Waals surface area contributed by atoms with Gasteiger partial charge in [0, 0.05) is 13.3 Å². The summed E-state index contributed by atoms with van der Waals surface area (Å²) < 4.78 is 10.3. The number of ether oxygens (including phenoxy) is 2. The third kappa shape index (κ3) is 1.70. The number of carbonyl (C=O) groups excluding carboxylic acids is 2. The van der Waals surface area contributed by atoms with E-state index in [2.05, 4.69) is 0 Å². The van der Waals surface area contributed by atoms with E-state index in [0.717, 1.165) is 0 Å². The van der Waals surface area contributed by atoms with Gasteiger partial charge < -0.3 is 9.47 Å². The van der Waals surface area contributed by atoms with E-state index in [9.17, 15) is 9.59 Å². The lowest BCUT2D eigenvalue weighted by Gasteiger charge is -2.36. The van der Waals surface area contributed by atoms with Crippen LogP contribution in [0.1, 0.15) is 13.3 Å². The summed E-state index contributed by atoms with van der Waals surface area (Å²) in [6.45, 7) is 1.52. The first kappa shape index (κ1) is 9.40. The van der Waals surface area contributed by atoms with Crippen LogP contribution in [0.3, 0.4) is 0 Å². The lowest BCUT2D eigenvalue weighted by Crippen LogP contribution is -2.45. The van der Waals surface area contributed by atoms with Gasteiger partial charge in [0.05, 0.1) is 18.1 Å². The number of hydrogen-bond acceptors (Lipinski definition) is 4. The van der Waals surface area contributed by atoms with E-state index in [4.69, 9.17) is 9.47 Å². The summed E-state index contributed by atoms with van der Waals surface area (Å²) in [4.78, 5) is 22.0. The molecule has 0 bridgehead atoms. The molecule has 0 aromatic heterocycles. The molecule has 0 saturated carbocycles. The van der Waals surface area contributed by atoms with Crippen LogP contribution in [0.25, 0.3) is 0 Å². The van der Waals surface area contributed by atoms with Crippen LogP contribution in [-0.2, 0) is 19.1 Å². The molecule has 1 aliphatic heterocycles. The molecule has 0 unspecified atom stereocenters. The zero-order valence-electron chi connectivity index (χ0n) is 7.93. The molecule has 1 fully saturated rings. The predicted octanol–water partition coefficient (Wildman–Crippen LogP) is 0.462. The van der Waals surface area contributed by atoms with Crippen LogP contribution in [0.5, 0.6) is 0 Å². The zero-order valence-corrected chi connectivity index (χ0v) is 7.93. The molecule has 2 rings (SSSR count). The van der Waals surface area contributed by atoms with Crippen molar-refractivity contribution in [3.8, 4) is 0 Å². The van der Waals surface area contributed by atoms with Crippen molar-refractivity contribution in [1.29, 1.82) is 0 Å². The molecule has 0 aromatic rings. The summed E-state index contributed by atoms with van der Waals surface area (Å²) in [5.74, 6) is -0.211. The van der Waals surface area contributed by atoms with E-state index in [1.165, 1.54) is 6.92 Å². The standard InChI is InChI=1S/C10H12O4/c1-6(11)13-5-7-4-9(12)8-2-3-10(8)14-7/h2-3,7-8,10H,4-5H2,1H3/t7-,8+,10+/m0/s1. The van der Waals surface area contributed by atoms with Crippen LogP contribution >= 0.6 is 0 Å². The van der Waals surface area contributed by atoms with E-state index in [0.29, 0.717) is 6.42 Å². The number of Topliss-reactive ketones (excluding diaryl/α,β-unsaturated/α-hetero) is 1. The summed E-state index contributed by atoms with van der Waals surface area (Å²) in [6.07, 6.45) is 3.71. The van der Waals surface area contributed by atoms with Crippen LogP contribution in [0.2, 0.25) is 0 Å². The number of rotatable bonds is 2. The third-order valence-corrected chi connectivity index (χ3v) is 2.48. The van der Waals surface area contributed by atoms with Gasteiger partial charge in [-0.15, -0.1) is 0 Å². The van der Waals surface area contributed by atoms with Crippen molar-refractivity contribution in [2.75, 3.05) is 6.61 Å². The van der Waals surface area contributed by atoms with Crippen molar-refractivity contribution in [2.45, 2.75) is 25.6 Å². The molecule has 1 aliphatic carbocycles.